The van der Waals surface area contributed by atoms with E-state index in [0.717, 1.165) is 42.2 Å². The monoisotopic (exact) mass is 343 g/mol. The molecule has 1 aliphatic heterocycles. The number of aryl methyl sites for hydroxylation is 1. The molecule has 1 aliphatic rings. The number of likely N-dealkylation sites (tertiary alicyclic amines) is 1. The molecule has 1 saturated heterocycles. The van der Waals surface area contributed by atoms with E-state index in [1.807, 2.05) is 30.5 Å². The molecule has 1 fully saturated rings. The highest BCUT2D eigenvalue weighted by Crippen LogP contribution is 2.24. The van der Waals surface area contributed by atoms with Gasteiger partial charge in [-0.15, -0.1) is 11.3 Å². The van der Waals surface area contributed by atoms with Crippen LogP contribution in [0.15, 0.2) is 29.6 Å². The Morgan fingerprint density at radius 3 is 2.83 bits per heavy atom. The lowest BCUT2D eigenvalue weighted by atomic mass is 10.1. The summed E-state index contributed by atoms with van der Waals surface area (Å²) in [5.74, 6) is -0.164. The number of carbonyl (C=O) groups excluding carboxylic acids is 2. The van der Waals surface area contributed by atoms with Gasteiger partial charge in [0.05, 0.1) is 18.7 Å². The summed E-state index contributed by atoms with van der Waals surface area (Å²) in [6.07, 6.45) is 2.32. The van der Waals surface area contributed by atoms with Crippen LogP contribution in [0.2, 0.25) is 0 Å². The maximum atomic E-state index is 12.0. The molecule has 5 nitrogen and oxygen atoms in total. The van der Waals surface area contributed by atoms with Crippen LogP contribution < -0.4 is 5.32 Å². The fraction of sp³-hybridized carbons (Fsp3) is 0.389. The molecule has 2 amide bonds. The van der Waals surface area contributed by atoms with Gasteiger partial charge < -0.3 is 10.2 Å². The Morgan fingerprint density at radius 1 is 1.29 bits per heavy atom. The van der Waals surface area contributed by atoms with Crippen molar-refractivity contribution >= 4 is 23.2 Å². The molecule has 1 N–H and O–H groups in total. The molecule has 0 radical (unpaired) electrons. The molecule has 0 aliphatic carbocycles. The molecule has 0 unspecified atom stereocenters. The zero-order valence-electron chi connectivity index (χ0n) is 13.7. The zero-order valence-corrected chi connectivity index (χ0v) is 14.6. The van der Waals surface area contributed by atoms with E-state index in [4.69, 9.17) is 0 Å². The highest BCUT2D eigenvalue weighted by atomic mass is 32.1. The average Bonchev–Trinajstić information content (AvgIpc) is 3.24. The molecule has 0 bridgehead atoms. The molecule has 24 heavy (non-hydrogen) atoms. The van der Waals surface area contributed by atoms with Gasteiger partial charge in [0.2, 0.25) is 11.8 Å². The summed E-state index contributed by atoms with van der Waals surface area (Å²) in [6.45, 7) is 3.73. The minimum absolute atomic E-state index is 0.000391. The van der Waals surface area contributed by atoms with Crippen molar-refractivity contribution in [2.45, 2.75) is 26.2 Å². The van der Waals surface area contributed by atoms with Crippen LogP contribution in [0.4, 0.5) is 0 Å². The lowest BCUT2D eigenvalue weighted by Gasteiger charge is -2.15. The molecule has 1 aromatic carbocycles. The van der Waals surface area contributed by atoms with Crippen LogP contribution in [0.25, 0.3) is 10.6 Å². The Hall–Kier alpha value is -2.21. The van der Waals surface area contributed by atoms with Crippen LogP contribution in [-0.2, 0) is 16.0 Å². The number of rotatable bonds is 5. The highest BCUT2D eigenvalue weighted by Gasteiger charge is 2.18. The number of hydrogen-bond acceptors (Lipinski definition) is 4. The predicted octanol–water partition coefficient (Wildman–Crippen LogP) is 2.40. The molecule has 0 spiro atoms. The minimum atomic E-state index is -0.163. The second kappa shape index (κ2) is 7.57. The summed E-state index contributed by atoms with van der Waals surface area (Å²) in [6, 6.07) is 8.15. The van der Waals surface area contributed by atoms with Gasteiger partial charge in [-0.2, -0.15) is 0 Å². The Morgan fingerprint density at radius 2 is 2.08 bits per heavy atom. The van der Waals surface area contributed by atoms with Gasteiger partial charge in [0.1, 0.15) is 5.01 Å². The van der Waals surface area contributed by atoms with Crippen molar-refractivity contribution < 1.29 is 9.59 Å². The van der Waals surface area contributed by atoms with Crippen molar-refractivity contribution in [3.63, 3.8) is 0 Å². The van der Waals surface area contributed by atoms with Gasteiger partial charge >= 0.3 is 0 Å². The van der Waals surface area contributed by atoms with Gasteiger partial charge in [-0.3, -0.25) is 9.59 Å². The molecular weight excluding hydrogens is 322 g/mol. The number of aromatic nitrogens is 1. The number of carbonyl (C=O) groups is 2. The molecule has 2 heterocycles. The van der Waals surface area contributed by atoms with E-state index in [1.54, 1.807) is 4.90 Å². The van der Waals surface area contributed by atoms with Crippen molar-refractivity contribution in [1.82, 2.24) is 15.2 Å². The van der Waals surface area contributed by atoms with Crippen LogP contribution in [0.5, 0.6) is 0 Å². The SMILES string of the molecule is Cc1cccc(-c2nc(CC(=O)NCC(=O)N3CCCC3)cs2)c1. The molecular formula is C18H21N3O2S. The van der Waals surface area contributed by atoms with Crippen LogP contribution in [0, 0.1) is 6.92 Å². The lowest BCUT2D eigenvalue weighted by molar-refractivity contribution is -0.131. The van der Waals surface area contributed by atoms with E-state index in [2.05, 4.69) is 16.4 Å². The third kappa shape index (κ3) is 4.20. The molecule has 0 saturated carbocycles. The highest BCUT2D eigenvalue weighted by molar-refractivity contribution is 7.13. The van der Waals surface area contributed by atoms with E-state index < -0.39 is 0 Å². The zero-order chi connectivity index (χ0) is 16.9. The van der Waals surface area contributed by atoms with E-state index in [-0.39, 0.29) is 24.8 Å². The number of hydrogen-bond donors (Lipinski definition) is 1. The first-order chi connectivity index (χ1) is 11.6. The summed E-state index contributed by atoms with van der Waals surface area (Å²) in [5.41, 5.74) is 2.99. The maximum absolute atomic E-state index is 12.0. The summed E-state index contributed by atoms with van der Waals surface area (Å²) in [7, 11) is 0. The minimum Gasteiger partial charge on any atom is -0.347 e. The third-order valence-electron chi connectivity index (χ3n) is 4.05. The van der Waals surface area contributed by atoms with Crippen LogP contribution in [0.3, 0.4) is 0 Å². The molecule has 6 heteroatoms. The quantitative estimate of drug-likeness (QED) is 0.907. The van der Waals surface area contributed by atoms with Gasteiger partial charge in [-0.25, -0.2) is 4.98 Å². The van der Waals surface area contributed by atoms with Gasteiger partial charge in [0.15, 0.2) is 0 Å². The number of benzene rings is 1. The van der Waals surface area contributed by atoms with Crippen LogP contribution >= 0.6 is 11.3 Å². The first kappa shape index (κ1) is 16.6. The molecule has 0 atom stereocenters. The van der Waals surface area contributed by atoms with Crippen molar-refractivity contribution in [3.05, 3.63) is 40.9 Å². The standard InChI is InChI=1S/C18H21N3O2S/c1-13-5-4-6-14(9-13)18-20-15(12-24-18)10-16(22)19-11-17(23)21-7-2-3-8-21/h4-6,9,12H,2-3,7-8,10-11H2,1H3,(H,19,22). The summed E-state index contributed by atoms with van der Waals surface area (Å²) >= 11 is 1.53. The third-order valence-corrected chi connectivity index (χ3v) is 4.99. The number of amides is 2. The maximum Gasteiger partial charge on any atom is 0.241 e. The number of nitrogens with zero attached hydrogens (tertiary/aromatic N) is 2. The summed E-state index contributed by atoms with van der Waals surface area (Å²) < 4.78 is 0. The first-order valence-corrected chi connectivity index (χ1v) is 9.06. The van der Waals surface area contributed by atoms with Crippen molar-refractivity contribution in [2.75, 3.05) is 19.6 Å². The molecule has 2 aromatic rings. The largest absolute Gasteiger partial charge is 0.347 e. The van der Waals surface area contributed by atoms with Crippen molar-refractivity contribution in [3.8, 4) is 10.6 Å². The van der Waals surface area contributed by atoms with Crippen molar-refractivity contribution in [2.24, 2.45) is 0 Å². The topological polar surface area (TPSA) is 62.3 Å². The number of nitrogens with one attached hydrogen (secondary N) is 1. The first-order valence-electron chi connectivity index (χ1n) is 8.18. The Bertz CT molecular complexity index is 735. The summed E-state index contributed by atoms with van der Waals surface area (Å²) in [5, 5.41) is 5.51. The van der Waals surface area contributed by atoms with Crippen LogP contribution in [0.1, 0.15) is 24.1 Å². The van der Waals surface area contributed by atoms with E-state index in [0.29, 0.717) is 0 Å². The molecule has 126 valence electrons. The fourth-order valence-electron chi connectivity index (χ4n) is 2.78. The Kier molecular flexibility index (Phi) is 5.25. The van der Waals surface area contributed by atoms with Crippen molar-refractivity contribution in [1.29, 1.82) is 0 Å². The van der Waals surface area contributed by atoms with Gasteiger partial charge in [0, 0.05) is 24.0 Å². The van der Waals surface area contributed by atoms with Gasteiger partial charge in [0.25, 0.3) is 0 Å². The average molecular weight is 343 g/mol. The Labute approximate surface area is 145 Å². The van der Waals surface area contributed by atoms with E-state index in [9.17, 15) is 9.59 Å². The second-order valence-corrected chi connectivity index (χ2v) is 6.91. The van der Waals surface area contributed by atoms with Gasteiger partial charge in [-0.1, -0.05) is 23.8 Å². The predicted molar refractivity (Wildman–Crippen MR) is 94.8 cm³/mol. The normalized spacial score (nSPS) is 14.0. The second-order valence-electron chi connectivity index (χ2n) is 6.05. The van der Waals surface area contributed by atoms with Gasteiger partial charge in [-0.05, 0) is 25.8 Å². The van der Waals surface area contributed by atoms with E-state index >= 15 is 0 Å². The lowest BCUT2D eigenvalue weighted by Crippen LogP contribution is -2.39. The Balaban J connectivity index is 1.52. The molecule has 3 rings (SSSR count). The molecule has 1 aromatic heterocycles. The smallest absolute Gasteiger partial charge is 0.241 e. The number of thiazole rings is 1. The van der Waals surface area contributed by atoms with E-state index in [1.165, 1.54) is 16.9 Å². The van der Waals surface area contributed by atoms with Crippen LogP contribution in [-0.4, -0.2) is 41.3 Å². The fourth-order valence-corrected chi connectivity index (χ4v) is 3.60. The summed E-state index contributed by atoms with van der Waals surface area (Å²) in [4.78, 5) is 30.3.